The molecule has 4 aromatic carbocycles. The fourth-order valence-corrected chi connectivity index (χ4v) is 8.56. The predicted octanol–water partition coefficient (Wildman–Crippen LogP) is -2.16. The summed E-state index contributed by atoms with van der Waals surface area (Å²) < 4.78 is 1.35. The first-order chi connectivity index (χ1) is 31.5. The third kappa shape index (κ3) is 5.13. The van der Waals surface area contributed by atoms with Crippen molar-refractivity contribution in [2.75, 3.05) is 0 Å². The predicted molar refractivity (Wildman–Crippen MR) is 228 cm³/mol. The molecule has 4 aromatic heterocycles. The van der Waals surface area contributed by atoms with Gasteiger partial charge >= 0.3 is 45.5 Å². The molecule has 0 saturated heterocycles. The van der Waals surface area contributed by atoms with Gasteiger partial charge < -0.3 is 0 Å². The highest BCUT2D eigenvalue weighted by molar-refractivity contribution is 6.08. The minimum absolute atomic E-state index is 0.00434. The molecule has 5 heterocycles. The highest BCUT2D eigenvalue weighted by Gasteiger charge is 2.59. The molecule has 0 saturated carbocycles. The summed E-state index contributed by atoms with van der Waals surface area (Å²) in [6.07, 6.45) is 0. The second-order valence-corrected chi connectivity index (χ2v) is 14.9. The van der Waals surface area contributed by atoms with Crippen molar-refractivity contribution in [2.24, 2.45) is 0 Å². The molecule has 0 unspecified atom stereocenters. The van der Waals surface area contributed by atoms with Gasteiger partial charge in [0.05, 0.1) is 22.7 Å². The van der Waals surface area contributed by atoms with Crippen molar-refractivity contribution in [1.82, 2.24) is 56.2 Å². The van der Waals surface area contributed by atoms with E-state index in [0.717, 1.165) is 0 Å². The van der Waals surface area contributed by atoms with Crippen LogP contribution in [0.5, 0.6) is 0 Å². The first kappa shape index (κ1) is 41.9. The Balaban J connectivity index is 1.73. The Morgan fingerprint density at radius 1 is 0.288 bits per heavy atom. The number of aromatic nitrogens is 12. The molecule has 9 rings (SSSR count). The van der Waals surface area contributed by atoms with E-state index in [4.69, 9.17) is 0 Å². The molecule has 0 radical (unpaired) electrons. The van der Waals surface area contributed by atoms with Crippen LogP contribution in [-0.4, -0.2) is 79.3 Å². The number of ketones is 4. The number of fused-ring (bicyclic) bond motifs is 6. The molecule has 1 aliphatic rings. The Kier molecular flexibility index (Phi) is 9.22. The van der Waals surface area contributed by atoms with Crippen molar-refractivity contribution in [2.45, 2.75) is 39.0 Å². The Labute approximate surface area is 364 Å². The van der Waals surface area contributed by atoms with Crippen molar-refractivity contribution in [1.29, 1.82) is 0 Å². The minimum atomic E-state index is -3.71. The maximum absolute atomic E-state index is 15.4. The van der Waals surface area contributed by atoms with Gasteiger partial charge in [0.1, 0.15) is 0 Å². The number of hydrogen-bond acceptors (Lipinski definition) is 12. The van der Waals surface area contributed by atoms with Gasteiger partial charge in [-0.2, -0.15) is 18.7 Å². The lowest BCUT2D eigenvalue weighted by atomic mass is 10.0. The molecule has 24 nitrogen and oxygen atoms in total. The number of rotatable bonds is 8. The van der Waals surface area contributed by atoms with E-state index in [9.17, 15) is 19.2 Å². The van der Waals surface area contributed by atoms with E-state index in [-0.39, 0.29) is 60.6 Å². The van der Waals surface area contributed by atoms with Crippen LogP contribution in [-0.2, 0) is 30.5 Å². The summed E-state index contributed by atoms with van der Waals surface area (Å²) >= 11 is 0. The molecule has 0 fully saturated rings. The average Bonchev–Trinajstić information content (AvgIpc) is 3.90. The zero-order valence-electron chi connectivity index (χ0n) is 34.8. The second kappa shape index (κ2) is 14.5. The van der Waals surface area contributed by atoms with Gasteiger partial charge in [-0.1, -0.05) is 72.8 Å². The maximum Gasteiger partial charge on any atom is 0.373 e. The summed E-state index contributed by atoms with van der Waals surface area (Å²) in [5.74, 6) is -6.13. The lowest BCUT2D eigenvalue weighted by Crippen LogP contribution is -2.70. The van der Waals surface area contributed by atoms with E-state index in [1.54, 1.807) is 0 Å². The van der Waals surface area contributed by atoms with Crippen molar-refractivity contribution >= 4 is 23.1 Å². The van der Waals surface area contributed by atoms with E-state index < -0.39 is 80.0 Å². The monoisotopic (exact) mass is 896 g/mol. The molecular formula is C42H32N12O12. The minimum Gasteiger partial charge on any atom is -0.295 e. The third-order valence-electron chi connectivity index (χ3n) is 11.3. The third-order valence-corrected chi connectivity index (χ3v) is 11.3. The molecule has 332 valence electrons. The molecule has 0 bridgehead atoms. The van der Waals surface area contributed by atoms with Crippen LogP contribution < -0.4 is 45.5 Å². The molecule has 1 aliphatic heterocycles. The standard InChI is InChI=1S/C42H32N12O12/c1-25(55)41(26(2)56)47-33(59)43(29-17-9-5-10-18-29)37(63)51(47)53-39(65)45(31-21-13-7-14-22-31)35(61)49(53)42(27(3)57,28(4)58)50-36(62)46(32-23-15-8-16-24-32)40(66)54(50)52-38(64)44(34(60)48(41)52)30-19-11-6-12-20-30/h5-24H,1-4H3. The van der Waals surface area contributed by atoms with Gasteiger partial charge in [0, 0.05) is 0 Å². The Morgan fingerprint density at radius 2 is 0.455 bits per heavy atom. The number of benzene rings is 4. The molecule has 0 aliphatic carbocycles. The van der Waals surface area contributed by atoms with Crippen molar-refractivity contribution in [3.8, 4) is 22.7 Å². The first-order valence-electron chi connectivity index (χ1n) is 19.7. The highest BCUT2D eigenvalue weighted by Crippen LogP contribution is 2.25. The first-order valence-corrected chi connectivity index (χ1v) is 19.7. The number of carbonyl (C=O) groups excluding carboxylic acids is 4. The molecule has 8 aromatic rings. The van der Waals surface area contributed by atoms with E-state index >= 15 is 38.4 Å². The fraction of sp³-hybridized carbons (Fsp3) is 0.143. The number of carbonyl (C=O) groups is 4. The van der Waals surface area contributed by atoms with Gasteiger partial charge in [0.2, 0.25) is 0 Å². The number of para-hydroxylation sites is 4. The second-order valence-electron chi connectivity index (χ2n) is 14.9. The van der Waals surface area contributed by atoms with Gasteiger partial charge in [0.15, 0.2) is 23.1 Å². The largest absolute Gasteiger partial charge is 0.373 e. The van der Waals surface area contributed by atoms with Crippen LogP contribution in [0.4, 0.5) is 0 Å². The molecule has 0 atom stereocenters. The molecule has 24 heteroatoms. The summed E-state index contributed by atoms with van der Waals surface area (Å²) in [4.78, 5) is 182. The Bertz CT molecular complexity index is 3390. The summed E-state index contributed by atoms with van der Waals surface area (Å²) in [6.45, 7) is 2.73. The Morgan fingerprint density at radius 3 is 0.606 bits per heavy atom. The highest BCUT2D eigenvalue weighted by atomic mass is 16.2. The normalized spacial score (nSPS) is 13.5. The smallest absolute Gasteiger partial charge is 0.295 e. The molecule has 0 N–H and O–H groups in total. The summed E-state index contributed by atoms with van der Waals surface area (Å²) in [7, 11) is 0. The van der Waals surface area contributed by atoms with E-state index in [1.807, 2.05) is 0 Å². The SMILES string of the molecule is CC(=O)C1(C(C)=O)n2c(=O)n(-c3ccccc3)c(=O)n2-n2c(=O)n(-c3ccccc3)c(=O)n2C(C(C)=O)(C(C)=O)n2c(=O)n(-c3ccccc3)c(=O)n2-n2c(=O)n(-c3ccccc3)c(=O)n21. The topological polar surface area (TPSA) is 264 Å². The van der Waals surface area contributed by atoms with Crippen LogP contribution in [0.2, 0.25) is 0 Å². The molecule has 66 heavy (non-hydrogen) atoms. The quantitative estimate of drug-likeness (QED) is 0.148. The van der Waals surface area contributed by atoms with Crippen molar-refractivity contribution in [3.63, 3.8) is 0 Å². The number of nitrogens with zero attached hydrogens (tertiary/aromatic N) is 12. The van der Waals surface area contributed by atoms with Gasteiger partial charge in [-0.25, -0.2) is 56.6 Å². The van der Waals surface area contributed by atoms with Crippen LogP contribution >= 0.6 is 0 Å². The number of Topliss-reactive ketones (excluding diaryl/α,β-unsaturated/α-hetero) is 4. The summed E-state index contributed by atoms with van der Waals surface area (Å²) in [5, 5.41) is 0. The van der Waals surface area contributed by atoms with Crippen LogP contribution in [0.3, 0.4) is 0 Å². The summed E-state index contributed by atoms with van der Waals surface area (Å²) in [6, 6.07) is 26.8. The molecule has 0 spiro atoms. The van der Waals surface area contributed by atoms with Crippen molar-refractivity contribution < 1.29 is 19.2 Å². The van der Waals surface area contributed by atoms with E-state index in [0.29, 0.717) is 46.0 Å². The van der Waals surface area contributed by atoms with Crippen LogP contribution in [0.15, 0.2) is 160 Å². The van der Waals surface area contributed by atoms with E-state index in [2.05, 4.69) is 0 Å². The van der Waals surface area contributed by atoms with Gasteiger partial charge in [-0.05, 0) is 76.2 Å². The van der Waals surface area contributed by atoms with Gasteiger partial charge in [-0.15, -0.1) is 19.2 Å². The average molecular weight is 897 g/mol. The van der Waals surface area contributed by atoms with Crippen molar-refractivity contribution in [3.05, 3.63) is 205 Å². The lowest BCUT2D eigenvalue weighted by Gasteiger charge is -2.36. The van der Waals surface area contributed by atoms with Crippen LogP contribution in [0, 0.1) is 0 Å². The van der Waals surface area contributed by atoms with Crippen LogP contribution in [0.1, 0.15) is 27.7 Å². The molecule has 0 amide bonds. The van der Waals surface area contributed by atoms with Gasteiger partial charge in [0.25, 0.3) is 11.3 Å². The zero-order chi connectivity index (χ0) is 47.3. The summed E-state index contributed by atoms with van der Waals surface area (Å²) in [5.41, 5.74) is -22.0. The van der Waals surface area contributed by atoms with Crippen LogP contribution in [0.25, 0.3) is 22.7 Å². The van der Waals surface area contributed by atoms with Gasteiger partial charge in [-0.3, -0.25) is 19.2 Å². The maximum atomic E-state index is 15.4. The number of hydrogen-bond donors (Lipinski definition) is 0. The van der Waals surface area contributed by atoms with E-state index in [1.165, 1.54) is 121 Å². The molecular weight excluding hydrogens is 865 g/mol. The lowest BCUT2D eigenvalue weighted by molar-refractivity contribution is -0.148. The fourth-order valence-electron chi connectivity index (χ4n) is 8.56. The zero-order valence-corrected chi connectivity index (χ0v) is 34.8. The Hall–Kier alpha value is -9.48.